The van der Waals surface area contributed by atoms with Gasteiger partial charge in [0.2, 0.25) is 5.91 Å². The Kier molecular flexibility index (Phi) is 7.39. The van der Waals surface area contributed by atoms with Crippen molar-refractivity contribution in [3.63, 3.8) is 0 Å². The van der Waals surface area contributed by atoms with E-state index in [2.05, 4.69) is 24.1 Å². The first-order chi connectivity index (χ1) is 14.2. The largest absolute Gasteiger partial charge is 0.325 e. The average molecular weight is 468 g/mol. The van der Waals surface area contributed by atoms with Crippen molar-refractivity contribution in [1.29, 1.82) is 0 Å². The average Bonchev–Trinajstić information content (AvgIpc) is 2.68. The maximum Gasteiger partial charge on any atom is 0.262 e. The number of nitrogens with one attached hydrogen (secondary N) is 1. The molecule has 0 spiro atoms. The molecule has 1 amide bonds. The molecule has 5 nitrogen and oxygen atoms in total. The van der Waals surface area contributed by atoms with Crippen LogP contribution >= 0.6 is 35.0 Å². The van der Waals surface area contributed by atoms with Crippen LogP contribution in [-0.2, 0) is 11.3 Å². The highest BCUT2D eigenvalue weighted by atomic mass is 35.5. The summed E-state index contributed by atoms with van der Waals surface area (Å²) in [7, 11) is 0. The number of nitrogens with zero attached hydrogens (tertiary/aromatic N) is 2. The maximum absolute atomic E-state index is 13.3. The molecule has 158 valence electrons. The molecule has 1 aromatic heterocycles. The van der Waals surface area contributed by atoms with Crippen LogP contribution in [0.3, 0.4) is 0 Å². The van der Waals surface area contributed by atoms with Crippen LogP contribution in [0.5, 0.6) is 0 Å². The molecule has 0 aliphatic rings. The van der Waals surface area contributed by atoms with Crippen LogP contribution in [0.1, 0.15) is 20.3 Å². The first-order valence-electron chi connectivity index (χ1n) is 9.32. The molecule has 0 atom stereocenters. The Balaban J connectivity index is 1.83. The number of hydrogen-bond acceptors (Lipinski definition) is 4. The predicted octanol–water partition coefficient (Wildman–Crippen LogP) is 5.62. The molecule has 0 radical (unpaired) electrons. The summed E-state index contributed by atoms with van der Waals surface area (Å²) in [5.41, 5.74) is 0.717. The van der Waals surface area contributed by atoms with Crippen molar-refractivity contribution >= 4 is 57.5 Å². The summed E-state index contributed by atoms with van der Waals surface area (Å²) in [5.74, 6) is -0.451. The minimum absolute atomic E-state index is 0.0230. The van der Waals surface area contributed by atoms with Crippen LogP contribution < -0.4 is 10.9 Å². The molecule has 30 heavy (non-hydrogen) atoms. The number of carbonyl (C=O) groups is 1. The highest BCUT2D eigenvalue weighted by molar-refractivity contribution is 7.99. The quantitative estimate of drug-likeness (QED) is 0.361. The zero-order valence-corrected chi connectivity index (χ0v) is 18.7. The molecule has 1 N–H and O–H groups in total. The molecule has 0 aliphatic heterocycles. The van der Waals surface area contributed by atoms with Crippen molar-refractivity contribution < 1.29 is 9.18 Å². The molecule has 2 aromatic carbocycles. The van der Waals surface area contributed by atoms with Gasteiger partial charge in [-0.3, -0.25) is 14.2 Å². The van der Waals surface area contributed by atoms with Crippen LogP contribution in [0.25, 0.3) is 10.9 Å². The number of benzene rings is 2. The summed E-state index contributed by atoms with van der Waals surface area (Å²) in [4.78, 5) is 29.9. The summed E-state index contributed by atoms with van der Waals surface area (Å²) in [6.45, 7) is 4.65. The van der Waals surface area contributed by atoms with Gasteiger partial charge in [-0.2, -0.15) is 0 Å². The number of hydrogen-bond donors (Lipinski definition) is 1. The van der Waals surface area contributed by atoms with Crippen molar-refractivity contribution in [2.45, 2.75) is 32.0 Å². The zero-order chi connectivity index (χ0) is 21.8. The molecule has 3 rings (SSSR count). The fraction of sp³-hybridized carbons (Fsp3) is 0.286. The number of halogens is 3. The third-order valence-corrected chi connectivity index (χ3v) is 5.85. The Morgan fingerprint density at radius 2 is 2.00 bits per heavy atom. The number of rotatable bonds is 7. The molecular formula is C21H20Cl2FN3O2S. The highest BCUT2D eigenvalue weighted by Crippen LogP contribution is 2.23. The van der Waals surface area contributed by atoms with Crippen molar-refractivity contribution in [2.75, 3.05) is 11.1 Å². The summed E-state index contributed by atoms with van der Waals surface area (Å²) in [5, 5.41) is 4.00. The van der Waals surface area contributed by atoms with Gasteiger partial charge in [0.15, 0.2) is 5.16 Å². The molecule has 0 fully saturated rings. The smallest absolute Gasteiger partial charge is 0.262 e. The number of thioether (sulfide) groups is 1. The normalized spacial score (nSPS) is 11.3. The lowest BCUT2D eigenvalue weighted by molar-refractivity contribution is -0.113. The van der Waals surface area contributed by atoms with E-state index in [4.69, 9.17) is 23.2 Å². The van der Waals surface area contributed by atoms with Gasteiger partial charge >= 0.3 is 0 Å². The molecule has 9 heteroatoms. The highest BCUT2D eigenvalue weighted by Gasteiger charge is 2.14. The van der Waals surface area contributed by atoms with Gasteiger partial charge in [0.1, 0.15) is 5.82 Å². The number of aromatic nitrogens is 2. The van der Waals surface area contributed by atoms with Gasteiger partial charge < -0.3 is 5.32 Å². The van der Waals surface area contributed by atoms with Gasteiger partial charge in [-0.25, -0.2) is 9.37 Å². The second-order valence-electron chi connectivity index (χ2n) is 7.16. The van der Waals surface area contributed by atoms with Crippen LogP contribution in [0.15, 0.2) is 46.3 Å². The van der Waals surface area contributed by atoms with E-state index in [0.717, 1.165) is 18.2 Å². The summed E-state index contributed by atoms with van der Waals surface area (Å²) < 4.78 is 14.9. The van der Waals surface area contributed by atoms with Gasteiger partial charge in [-0.05, 0) is 48.7 Å². The third kappa shape index (κ3) is 5.53. The van der Waals surface area contributed by atoms with E-state index in [1.54, 1.807) is 22.8 Å². The Morgan fingerprint density at radius 1 is 1.23 bits per heavy atom. The van der Waals surface area contributed by atoms with Gasteiger partial charge in [0.05, 0.1) is 21.7 Å². The van der Waals surface area contributed by atoms with Gasteiger partial charge in [0, 0.05) is 17.3 Å². The van der Waals surface area contributed by atoms with E-state index < -0.39 is 5.82 Å². The van der Waals surface area contributed by atoms with Crippen LogP contribution in [0.2, 0.25) is 10.0 Å². The van der Waals surface area contributed by atoms with Gasteiger partial charge in [-0.15, -0.1) is 0 Å². The number of amides is 1. The minimum atomic E-state index is -0.558. The monoisotopic (exact) mass is 467 g/mol. The standard InChI is InChI=1S/C21H20Cl2FN3O2S/c1-12(2)7-8-27-20(29)15-5-3-13(22)9-18(15)26-21(27)30-11-19(28)25-14-4-6-17(24)16(23)10-14/h3-6,9-10,12H,7-8,11H2,1-2H3,(H,25,28). The topological polar surface area (TPSA) is 64.0 Å². The summed E-state index contributed by atoms with van der Waals surface area (Å²) in [6.07, 6.45) is 0.800. The van der Waals surface area contributed by atoms with E-state index in [9.17, 15) is 14.0 Å². The Hall–Kier alpha value is -2.09. The minimum Gasteiger partial charge on any atom is -0.325 e. The lowest BCUT2D eigenvalue weighted by Gasteiger charge is -2.14. The molecule has 0 saturated heterocycles. The SMILES string of the molecule is CC(C)CCn1c(SCC(=O)Nc2ccc(F)c(Cl)c2)nc2cc(Cl)ccc2c1=O. The van der Waals surface area contributed by atoms with E-state index in [1.165, 1.54) is 18.2 Å². The van der Waals surface area contributed by atoms with Crippen LogP contribution in [-0.4, -0.2) is 21.2 Å². The van der Waals surface area contributed by atoms with Crippen molar-refractivity contribution in [3.8, 4) is 0 Å². The Bertz CT molecular complexity index is 1150. The van der Waals surface area contributed by atoms with Gasteiger partial charge in [-0.1, -0.05) is 48.8 Å². The van der Waals surface area contributed by atoms with Crippen molar-refractivity contribution in [1.82, 2.24) is 9.55 Å². The number of carbonyl (C=O) groups excluding carboxylic acids is 1. The Labute approximate surface area is 187 Å². The first kappa shape index (κ1) is 22.6. The molecule has 0 aliphatic carbocycles. The van der Waals surface area contributed by atoms with Crippen molar-refractivity contribution in [3.05, 3.63) is 62.6 Å². The van der Waals surface area contributed by atoms with E-state index in [0.29, 0.717) is 39.2 Å². The second kappa shape index (κ2) is 9.81. The lowest BCUT2D eigenvalue weighted by Crippen LogP contribution is -2.25. The summed E-state index contributed by atoms with van der Waals surface area (Å²) in [6, 6.07) is 8.91. The van der Waals surface area contributed by atoms with Gasteiger partial charge in [0.25, 0.3) is 5.56 Å². The zero-order valence-electron chi connectivity index (χ0n) is 16.4. The molecular weight excluding hydrogens is 448 g/mol. The molecule has 0 unspecified atom stereocenters. The first-order valence-corrected chi connectivity index (χ1v) is 11.1. The molecule has 0 saturated carbocycles. The molecule has 1 heterocycles. The fourth-order valence-electron chi connectivity index (χ4n) is 2.77. The van der Waals surface area contributed by atoms with E-state index in [1.807, 2.05) is 0 Å². The molecule has 0 bridgehead atoms. The van der Waals surface area contributed by atoms with Crippen LogP contribution in [0, 0.1) is 11.7 Å². The lowest BCUT2D eigenvalue weighted by atomic mass is 10.1. The van der Waals surface area contributed by atoms with E-state index >= 15 is 0 Å². The Morgan fingerprint density at radius 3 is 2.70 bits per heavy atom. The predicted molar refractivity (Wildman–Crippen MR) is 121 cm³/mol. The van der Waals surface area contributed by atoms with Crippen molar-refractivity contribution in [2.24, 2.45) is 5.92 Å². The second-order valence-corrected chi connectivity index (χ2v) is 8.95. The molecule has 3 aromatic rings. The summed E-state index contributed by atoms with van der Waals surface area (Å²) >= 11 is 13.0. The fourth-order valence-corrected chi connectivity index (χ4v) is 3.94. The number of fused-ring (bicyclic) bond motifs is 1. The maximum atomic E-state index is 13.3. The number of anilines is 1. The van der Waals surface area contributed by atoms with Crippen LogP contribution in [0.4, 0.5) is 10.1 Å². The van der Waals surface area contributed by atoms with E-state index in [-0.39, 0.29) is 22.2 Å². The third-order valence-electron chi connectivity index (χ3n) is 4.35.